The van der Waals surface area contributed by atoms with Crippen LogP contribution < -0.4 is 15.0 Å². The van der Waals surface area contributed by atoms with Crippen LogP contribution in [0.4, 0.5) is 14.9 Å². The van der Waals surface area contributed by atoms with E-state index in [1.54, 1.807) is 19.2 Å². The van der Waals surface area contributed by atoms with Gasteiger partial charge in [0.2, 0.25) is 0 Å². The number of rotatable bonds is 5. The molecule has 2 aromatic carbocycles. The van der Waals surface area contributed by atoms with E-state index >= 15 is 0 Å². The normalized spacial score (nSPS) is 10.5. The Morgan fingerprint density at radius 2 is 1.96 bits per heavy atom. The molecule has 4 nitrogen and oxygen atoms in total. The van der Waals surface area contributed by atoms with Gasteiger partial charge >= 0.3 is 6.03 Å². The zero-order valence-corrected chi connectivity index (χ0v) is 15.4. The number of amides is 2. The molecule has 0 fully saturated rings. The van der Waals surface area contributed by atoms with Crippen LogP contribution in [0.15, 0.2) is 30.3 Å². The molecule has 0 atom stereocenters. The topological polar surface area (TPSA) is 41.6 Å². The van der Waals surface area contributed by atoms with E-state index in [9.17, 15) is 9.18 Å². The van der Waals surface area contributed by atoms with Crippen molar-refractivity contribution in [2.75, 3.05) is 19.0 Å². The fourth-order valence-corrected chi connectivity index (χ4v) is 2.82. The molecule has 2 rings (SSSR count). The van der Waals surface area contributed by atoms with E-state index in [0.717, 1.165) is 23.3 Å². The van der Waals surface area contributed by atoms with Gasteiger partial charge < -0.3 is 10.1 Å². The first kappa shape index (κ1) is 18.8. The third-order valence-corrected chi connectivity index (χ3v) is 4.36. The molecule has 0 bridgehead atoms. The average Bonchev–Trinajstić information content (AvgIpc) is 2.61. The van der Waals surface area contributed by atoms with Gasteiger partial charge in [0.05, 0.1) is 5.69 Å². The maximum Gasteiger partial charge on any atom is 0.321 e. The lowest BCUT2D eigenvalue weighted by atomic mass is 10.0. The number of carbonyl (C=O) groups is 1. The van der Waals surface area contributed by atoms with Crippen LogP contribution in [0.3, 0.4) is 0 Å². The van der Waals surface area contributed by atoms with Gasteiger partial charge in [0.15, 0.2) is 0 Å². The molecule has 0 radical (unpaired) electrons. The number of benzene rings is 2. The first-order valence-corrected chi connectivity index (χ1v) is 8.34. The number of halogens is 1. The van der Waals surface area contributed by atoms with E-state index < -0.39 is 5.82 Å². The largest absolute Gasteiger partial charge is 0.488 e. The molecular formula is C20H25FN2O2. The van der Waals surface area contributed by atoms with Crippen molar-refractivity contribution in [1.29, 1.82) is 0 Å². The molecule has 0 aromatic heterocycles. The van der Waals surface area contributed by atoms with Crippen molar-refractivity contribution in [3.63, 3.8) is 0 Å². The highest BCUT2D eigenvalue weighted by Gasteiger charge is 2.17. The van der Waals surface area contributed by atoms with Gasteiger partial charge in [-0.25, -0.2) is 9.18 Å². The van der Waals surface area contributed by atoms with Crippen molar-refractivity contribution in [2.24, 2.45) is 0 Å². The Balaban J connectivity index is 2.30. The predicted molar refractivity (Wildman–Crippen MR) is 98.9 cm³/mol. The molecule has 0 unspecified atom stereocenters. The first-order valence-electron chi connectivity index (χ1n) is 8.34. The predicted octanol–water partition coefficient (Wildman–Crippen LogP) is 4.36. The van der Waals surface area contributed by atoms with Gasteiger partial charge in [-0.3, -0.25) is 4.90 Å². The van der Waals surface area contributed by atoms with Gasteiger partial charge in [0, 0.05) is 19.7 Å². The van der Waals surface area contributed by atoms with Crippen LogP contribution in [0, 0.1) is 19.7 Å². The molecule has 1 N–H and O–H groups in total. The lowest BCUT2D eigenvalue weighted by Gasteiger charge is -2.21. The number of carbonyl (C=O) groups excluding carboxylic acids is 1. The fraction of sp³-hybridized carbons (Fsp3) is 0.350. The van der Waals surface area contributed by atoms with E-state index in [1.807, 2.05) is 19.9 Å². The third kappa shape index (κ3) is 4.10. The van der Waals surface area contributed by atoms with Crippen molar-refractivity contribution in [2.45, 2.75) is 33.8 Å². The van der Waals surface area contributed by atoms with Crippen molar-refractivity contribution >= 4 is 11.7 Å². The van der Waals surface area contributed by atoms with Gasteiger partial charge in [-0.05, 0) is 55.2 Å². The molecule has 0 aliphatic carbocycles. The number of urea groups is 1. The summed E-state index contributed by atoms with van der Waals surface area (Å²) in [5.41, 5.74) is 4.28. The SMILES string of the molecule is CCc1cc(C)c(OCc2c(F)cccc2N(C)C(=O)NC)cc1C. The summed E-state index contributed by atoms with van der Waals surface area (Å²) in [5.74, 6) is 0.333. The highest BCUT2D eigenvalue weighted by Crippen LogP contribution is 2.27. The molecule has 2 aromatic rings. The van der Waals surface area contributed by atoms with E-state index in [4.69, 9.17) is 4.74 Å². The minimum absolute atomic E-state index is 0.0507. The summed E-state index contributed by atoms with van der Waals surface area (Å²) >= 11 is 0. The summed E-state index contributed by atoms with van der Waals surface area (Å²) in [6.07, 6.45) is 0.960. The Morgan fingerprint density at radius 3 is 2.60 bits per heavy atom. The van der Waals surface area contributed by atoms with Gasteiger partial charge in [0.1, 0.15) is 18.2 Å². The number of nitrogens with zero attached hydrogens (tertiary/aromatic N) is 1. The van der Waals surface area contributed by atoms with Crippen LogP contribution in [-0.2, 0) is 13.0 Å². The van der Waals surface area contributed by atoms with Crippen LogP contribution in [0.5, 0.6) is 5.75 Å². The van der Waals surface area contributed by atoms with Gasteiger partial charge in [-0.2, -0.15) is 0 Å². The van der Waals surface area contributed by atoms with Crippen LogP contribution in [0.2, 0.25) is 0 Å². The van der Waals surface area contributed by atoms with E-state index in [0.29, 0.717) is 11.3 Å². The summed E-state index contributed by atoms with van der Waals surface area (Å²) < 4.78 is 20.2. The van der Waals surface area contributed by atoms with Crippen molar-refractivity contribution in [1.82, 2.24) is 5.32 Å². The molecule has 0 saturated carbocycles. The summed E-state index contributed by atoms with van der Waals surface area (Å²) in [7, 11) is 3.14. The van der Waals surface area contributed by atoms with Crippen LogP contribution in [0.1, 0.15) is 29.2 Å². The second-order valence-corrected chi connectivity index (χ2v) is 6.04. The number of aryl methyl sites for hydroxylation is 3. The number of ether oxygens (including phenoxy) is 1. The minimum Gasteiger partial charge on any atom is -0.488 e. The standard InChI is InChI=1S/C20H25FN2O2/c1-6-15-10-14(3)19(11-13(15)2)25-12-16-17(21)8-7-9-18(16)23(5)20(24)22-4/h7-11H,6,12H2,1-5H3,(H,22,24). The second kappa shape index (κ2) is 8.01. The molecule has 25 heavy (non-hydrogen) atoms. The quantitative estimate of drug-likeness (QED) is 0.875. The average molecular weight is 344 g/mol. The minimum atomic E-state index is -0.396. The van der Waals surface area contributed by atoms with Gasteiger partial charge in [0.25, 0.3) is 0 Å². The Bertz CT molecular complexity index is 775. The first-order chi connectivity index (χ1) is 11.9. The lowest BCUT2D eigenvalue weighted by Crippen LogP contribution is -2.35. The van der Waals surface area contributed by atoms with Gasteiger partial charge in [-0.1, -0.05) is 19.1 Å². The maximum atomic E-state index is 14.3. The van der Waals surface area contributed by atoms with Crippen LogP contribution >= 0.6 is 0 Å². The Morgan fingerprint density at radius 1 is 1.24 bits per heavy atom. The lowest BCUT2D eigenvalue weighted by molar-refractivity contribution is 0.249. The zero-order chi connectivity index (χ0) is 18.6. The Hall–Kier alpha value is -2.56. The Kier molecular flexibility index (Phi) is 6.02. The maximum absolute atomic E-state index is 14.3. The molecule has 0 saturated heterocycles. The third-order valence-electron chi connectivity index (χ3n) is 4.36. The molecule has 0 spiro atoms. The summed E-state index contributed by atoms with van der Waals surface area (Å²) in [5, 5.41) is 2.54. The summed E-state index contributed by atoms with van der Waals surface area (Å²) in [4.78, 5) is 13.2. The van der Waals surface area contributed by atoms with Crippen molar-refractivity contribution < 1.29 is 13.9 Å². The van der Waals surface area contributed by atoms with E-state index in [1.165, 1.54) is 23.6 Å². The monoisotopic (exact) mass is 344 g/mol. The van der Waals surface area contributed by atoms with Crippen molar-refractivity contribution in [3.05, 3.63) is 58.4 Å². The zero-order valence-electron chi connectivity index (χ0n) is 15.4. The molecule has 0 heterocycles. The smallest absolute Gasteiger partial charge is 0.321 e. The fourth-order valence-electron chi connectivity index (χ4n) is 2.82. The summed E-state index contributed by atoms with van der Waals surface area (Å²) in [6.45, 7) is 6.18. The molecule has 5 heteroatoms. The molecule has 0 aliphatic rings. The number of anilines is 1. The highest BCUT2D eigenvalue weighted by atomic mass is 19.1. The molecule has 2 amide bonds. The van der Waals surface area contributed by atoms with Crippen LogP contribution in [-0.4, -0.2) is 20.1 Å². The highest BCUT2D eigenvalue weighted by molar-refractivity contribution is 5.92. The summed E-state index contributed by atoms with van der Waals surface area (Å²) in [6, 6.07) is 8.43. The van der Waals surface area contributed by atoms with Crippen LogP contribution in [0.25, 0.3) is 0 Å². The van der Waals surface area contributed by atoms with E-state index in [2.05, 4.69) is 18.3 Å². The Labute approximate surface area is 148 Å². The number of hydrogen-bond donors (Lipinski definition) is 1. The second-order valence-electron chi connectivity index (χ2n) is 6.04. The molecule has 134 valence electrons. The van der Waals surface area contributed by atoms with E-state index in [-0.39, 0.29) is 12.6 Å². The molecule has 0 aliphatic heterocycles. The van der Waals surface area contributed by atoms with Gasteiger partial charge in [-0.15, -0.1) is 0 Å². The molecular weight excluding hydrogens is 319 g/mol. The van der Waals surface area contributed by atoms with Crippen molar-refractivity contribution in [3.8, 4) is 5.75 Å². The number of nitrogens with one attached hydrogen (secondary N) is 1. The number of hydrogen-bond acceptors (Lipinski definition) is 2.